The van der Waals surface area contributed by atoms with Gasteiger partial charge in [-0.3, -0.25) is 0 Å². The van der Waals surface area contributed by atoms with Crippen LogP contribution in [0.4, 0.5) is 0 Å². The van der Waals surface area contributed by atoms with Crippen LogP contribution in [0.1, 0.15) is 25.0 Å². The smallest absolute Gasteiger partial charge is 0.0727 e. The van der Waals surface area contributed by atoms with E-state index in [1.54, 1.807) is 0 Å². The van der Waals surface area contributed by atoms with Crippen LogP contribution in [0.3, 0.4) is 0 Å². The van der Waals surface area contributed by atoms with Gasteiger partial charge in [0.15, 0.2) is 0 Å². The Morgan fingerprint density at radius 2 is 1.12 bits per heavy atom. The molecule has 0 radical (unpaired) electrons. The molecular weight excluding hydrogens is 625 g/mol. The lowest BCUT2D eigenvalue weighted by atomic mass is 9.82. The van der Waals surface area contributed by atoms with Crippen LogP contribution in [0.15, 0.2) is 158 Å². The predicted octanol–water partition coefficient (Wildman–Crippen LogP) is 13.1. The normalized spacial score (nSPS) is 13.6. The molecule has 0 spiro atoms. The summed E-state index contributed by atoms with van der Waals surface area (Å²) < 4.78 is 7.55. The van der Waals surface area contributed by atoms with E-state index in [1.807, 2.05) is 11.3 Å². The summed E-state index contributed by atoms with van der Waals surface area (Å²) >= 11 is 1.89. The highest BCUT2D eigenvalue weighted by Gasteiger charge is 2.36. The fourth-order valence-electron chi connectivity index (χ4n) is 8.74. The topological polar surface area (TPSA) is 9.86 Å². The molecule has 0 saturated carbocycles. The Kier molecular flexibility index (Phi) is 5.64. The van der Waals surface area contributed by atoms with E-state index in [9.17, 15) is 0 Å². The van der Waals surface area contributed by atoms with Crippen LogP contribution in [-0.4, -0.2) is 9.13 Å². The third-order valence-corrected chi connectivity index (χ3v) is 12.3. The van der Waals surface area contributed by atoms with Crippen LogP contribution in [-0.2, 0) is 5.41 Å². The monoisotopic (exact) mass is 656 g/mol. The quantitative estimate of drug-likeness (QED) is 0.179. The van der Waals surface area contributed by atoms with E-state index in [1.165, 1.54) is 97.8 Å². The zero-order chi connectivity index (χ0) is 33.1. The zero-order valence-corrected chi connectivity index (χ0v) is 28.6. The number of rotatable bonds is 3. The molecule has 0 amide bonds. The molecule has 10 aromatic rings. The Morgan fingerprint density at radius 1 is 0.440 bits per heavy atom. The Morgan fingerprint density at radius 3 is 1.98 bits per heavy atom. The first-order valence-corrected chi connectivity index (χ1v) is 18.2. The lowest BCUT2D eigenvalue weighted by Gasteiger charge is -2.21. The van der Waals surface area contributed by atoms with E-state index in [2.05, 4.69) is 181 Å². The molecule has 3 aromatic heterocycles. The van der Waals surface area contributed by atoms with Crippen LogP contribution < -0.4 is 0 Å². The van der Waals surface area contributed by atoms with Crippen LogP contribution in [0, 0.1) is 0 Å². The van der Waals surface area contributed by atoms with Crippen molar-refractivity contribution in [2.45, 2.75) is 19.3 Å². The van der Waals surface area contributed by atoms with Crippen molar-refractivity contribution in [1.82, 2.24) is 9.13 Å². The minimum absolute atomic E-state index is 0.0322. The summed E-state index contributed by atoms with van der Waals surface area (Å²) in [6.45, 7) is 4.72. The minimum atomic E-state index is -0.0322. The molecule has 3 heteroatoms. The van der Waals surface area contributed by atoms with Crippen molar-refractivity contribution < 1.29 is 0 Å². The van der Waals surface area contributed by atoms with Gasteiger partial charge >= 0.3 is 0 Å². The van der Waals surface area contributed by atoms with Gasteiger partial charge in [0.1, 0.15) is 0 Å². The molecule has 0 saturated heterocycles. The predicted molar refractivity (Wildman–Crippen MR) is 214 cm³/mol. The van der Waals surface area contributed by atoms with Crippen molar-refractivity contribution in [2.75, 3.05) is 0 Å². The van der Waals surface area contributed by atoms with Gasteiger partial charge in [0.2, 0.25) is 0 Å². The van der Waals surface area contributed by atoms with Gasteiger partial charge in [-0.25, -0.2) is 0 Å². The molecule has 0 N–H and O–H groups in total. The molecule has 1 aliphatic carbocycles. The maximum Gasteiger partial charge on any atom is 0.0727 e. The molecule has 1 aliphatic rings. The number of nitrogens with zero attached hydrogens (tertiary/aromatic N) is 2. The number of benzene rings is 7. The Bertz CT molecular complexity index is 2990. The van der Waals surface area contributed by atoms with Crippen molar-refractivity contribution in [3.63, 3.8) is 0 Å². The summed E-state index contributed by atoms with van der Waals surface area (Å²) in [5.41, 5.74) is 15.3. The van der Waals surface area contributed by atoms with Gasteiger partial charge in [-0.15, -0.1) is 11.3 Å². The van der Waals surface area contributed by atoms with Crippen molar-refractivity contribution >= 4 is 64.3 Å². The molecule has 0 fully saturated rings. The largest absolute Gasteiger partial charge is 0.309 e. The fourth-order valence-corrected chi connectivity index (χ4v) is 9.95. The van der Waals surface area contributed by atoms with Gasteiger partial charge in [0, 0.05) is 43.0 Å². The molecule has 7 aromatic carbocycles. The molecular formula is C47H32N2S. The van der Waals surface area contributed by atoms with E-state index < -0.39 is 0 Å². The molecule has 0 unspecified atom stereocenters. The van der Waals surface area contributed by atoms with E-state index in [-0.39, 0.29) is 5.41 Å². The van der Waals surface area contributed by atoms with Crippen LogP contribution in [0.25, 0.3) is 86.6 Å². The first-order chi connectivity index (χ1) is 24.6. The lowest BCUT2D eigenvalue weighted by molar-refractivity contribution is 0.661. The van der Waals surface area contributed by atoms with Crippen LogP contribution in [0.2, 0.25) is 0 Å². The highest BCUT2D eigenvalue weighted by molar-refractivity contribution is 7.26. The van der Waals surface area contributed by atoms with Gasteiger partial charge in [0.25, 0.3) is 0 Å². The maximum absolute atomic E-state index is 2.46. The number of thiophene rings is 1. The Labute approximate surface area is 294 Å². The van der Waals surface area contributed by atoms with E-state index in [0.717, 1.165) is 0 Å². The fraction of sp³-hybridized carbons (Fsp3) is 0.0638. The number of hydrogen-bond acceptors (Lipinski definition) is 1. The minimum Gasteiger partial charge on any atom is -0.309 e. The molecule has 0 atom stereocenters. The molecule has 11 rings (SSSR count). The molecule has 0 bridgehead atoms. The van der Waals surface area contributed by atoms with Crippen molar-refractivity contribution in [3.8, 4) is 33.6 Å². The summed E-state index contributed by atoms with van der Waals surface area (Å²) in [6.07, 6.45) is 0. The first-order valence-electron chi connectivity index (χ1n) is 17.4. The first kappa shape index (κ1) is 28.0. The van der Waals surface area contributed by atoms with E-state index >= 15 is 0 Å². The number of fused-ring (bicyclic) bond motifs is 11. The Hall–Kier alpha value is -5.90. The second kappa shape index (κ2) is 10.1. The molecule has 3 heterocycles. The maximum atomic E-state index is 2.46. The summed E-state index contributed by atoms with van der Waals surface area (Å²) in [5.74, 6) is 0. The van der Waals surface area contributed by atoms with Gasteiger partial charge < -0.3 is 9.13 Å². The van der Waals surface area contributed by atoms with Crippen molar-refractivity contribution in [1.29, 1.82) is 0 Å². The van der Waals surface area contributed by atoms with Gasteiger partial charge in [-0.2, -0.15) is 0 Å². The summed E-state index contributed by atoms with van der Waals surface area (Å²) in [4.78, 5) is 0. The lowest BCUT2D eigenvalue weighted by Crippen LogP contribution is -2.14. The number of hydrogen-bond donors (Lipinski definition) is 0. The molecule has 50 heavy (non-hydrogen) atoms. The summed E-state index contributed by atoms with van der Waals surface area (Å²) in [7, 11) is 0. The van der Waals surface area contributed by atoms with Crippen LogP contribution >= 0.6 is 11.3 Å². The van der Waals surface area contributed by atoms with Gasteiger partial charge in [-0.1, -0.05) is 111 Å². The molecule has 0 aliphatic heterocycles. The average molecular weight is 657 g/mol. The van der Waals surface area contributed by atoms with Crippen molar-refractivity contribution in [3.05, 3.63) is 169 Å². The van der Waals surface area contributed by atoms with Gasteiger partial charge in [0.05, 0.1) is 26.8 Å². The third-order valence-electron chi connectivity index (χ3n) is 11.1. The molecule has 2 nitrogen and oxygen atoms in total. The summed E-state index contributed by atoms with van der Waals surface area (Å²) in [5, 5.41) is 5.21. The average Bonchev–Trinajstić information content (AvgIpc) is 3.86. The third kappa shape index (κ3) is 3.73. The van der Waals surface area contributed by atoms with Crippen LogP contribution in [0.5, 0.6) is 0 Å². The highest BCUT2D eigenvalue weighted by Crippen LogP contribution is 2.51. The van der Waals surface area contributed by atoms with E-state index in [0.29, 0.717) is 0 Å². The standard InChI is InChI=1S/C47H32N2S/c1-47(2)39-17-9-6-14-33(39)36-28-43-37(27-40(36)47)34-15-7-10-18-41(34)48(43)32-23-20-29(21-24-32)30-22-25-42-38(26-30)46-45(35-16-8-11-19-44(35)50-46)49(42)31-12-4-3-5-13-31/h3-28H,1-2H3. The second-order valence-corrected chi connectivity index (χ2v) is 15.2. The van der Waals surface area contributed by atoms with Crippen molar-refractivity contribution in [2.24, 2.45) is 0 Å². The molecule has 236 valence electrons. The van der Waals surface area contributed by atoms with E-state index in [4.69, 9.17) is 0 Å². The summed E-state index contributed by atoms with van der Waals surface area (Å²) in [6, 6.07) is 58.4. The SMILES string of the molecule is CC1(C)c2ccccc2-c2cc3c(cc21)c1ccccc1n3-c1ccc(-c2ccc3c(c2)c2sc4ccccc4c2n3-c2ccccc2)cc1. The zero-order valence-electron chi connectivity index (χ0n) is 27.8. The highest BCUT2D eigenvalue weighted by atomic mass is 32.1. The second-order valence-electron chi connectivity index (χ2n) is 14.2. The Balaban J connectivity index is 1.08. The number of aromatic nitrogens is 2. The van der Waals surface area contributed by atoms with Gasteiger partial charge in [-0.05, 0) is 94.0 Å². The number of para-hydroxylation sites is 2.